The van der Waals surface area contributed by atoms with Gasteiger partial charge in [0, 0.05) is 0 Å². The molecule has 4 nitrogen and oxygen atoms in total. The van der Waals surface area contributed by atoms with Gasteiger partial charge in [0.1, 0.15) is 0 Å². The highest BCUT2D eigenvalue weighted by Gasteiger charge is 2.38. The maximum absolute atomic E-state index is 11.8. The van der Waals surface area contributed by atoms with E-state index in [1.54, 1.807) is 0 Å². The fraction of sp³-hybridized carbons (Fsp3) is 0.818. The minimum Gasteiger partial charge on any atom is -0.481 e. The van der Waals surface area contributed by atoms with Crippen molar-refractivity contribution in [3.05, 3.63) is 0 Å². The molecule has 1 aliphatic carbocycles. The molecule has 1 rings (SSSR count). The number of nitrogens with one attached hydrogen (secondary N) is 1. The zero-order chi connectivity index (χ0) is 12.2. The molecule has 16 heavy (non-hydrogen) atoms. The van der Waals surface area contributed by atoms with Gasteiger partial charge in [-0.1, -0.05) is 12.8 Å². The van der Waals surface area contributed by atoms with E-state index in [-0.39, 0.29) is 17.6 Å². The Morgan fingerprint density at radius 1 is 1.44 bits per heavy atom. The highest BCUT2D eigenvalue weighted by molar-refractivity contribution is 7.99. The number of amides is 1. The van der Waals surface area contributed by atoms with E-state index in [0.717, 1.165) is 25.7 Å². The van der Waals surface area contributed by atoms with Gasteiger partial charge in [-0.3, -0.25) is 9.59 Å². The molecule has 0 aromatic rings. The van der Waals surface area contributed by atoms with E-state index in [4.69, 9.17) is 5.11 Å². The van der Waals surface area contributed by atoms with E-state index >= 15 is 0 Å². The van der Waals surface area contributed by atoms with Crippen molar-refractivity contribution < 1.29 is 14.7 Å². The molecule has 1 saturated carbocycles. The van der Waals surface area contributed by atoms with E-state index < -0.39 is 11.5 Å². The van der Waals surface area contributed by atoms with Gasteiger partial charge in [-0.2, -0.15) is 11.8 Å². The number of carbonyl (C=O) groups excluding carboxylic acids is 1. The normalized spacial score (nSPS) is 20.4. The van der Waals surface area contributed by atoms with Gasteiger partial charge in [-0.25, -0.2) is 0 Å². The van der Waals surface area contributed by atoms with Crippen molar-refractivity contribution in [3.8, 4) is 0 Å². The molecule has 5 heteroatoms. The van der Waals surface area contributed by atoms with Gasteiger partial charge >= 0.3 is 5.97 Å². The van der Waals surface area contributed by atoms with Crippen LogP contribution in [0.2, 0.25) is 0 Å². The first kappa shape index (κ1) is 13.4. The number of carboxylic acids is 1. The molecule has 0 aromatic heterocycles. The van der Waals surface area contributed by atoms with Crippen molar-refractivity contribution in [1.29, 1.82) is 0 Å². The standard InChI is InChI=1S/C11H19NO3S/c1-8(16-2)10(15)12-11(7-9(13)14)5-3-4-6-11/h8H,3-7H2,1-2H3,(H,12,15)(H,13,14). The molecule has 92 valence electrons. The number of carboxylic acid groups (broad SMARTS) is 1. The van der Waals surface area contributed by atoms with Crippen LogP contribution >= 0.6 is 11.8 Å². The summed E-state index contributed by atoms with van der Waals surface area (Å²) in [7, 11) is 0. The molecule has 0 spiro atoms. The fourth-order valence-corrected chi connectivity index (χ4v) is 2.43. The lowest BCUT2D eigenvalue weighted by atomic mass is 9.93. The number of hydrogen-bond donors (Lipinski definition) is 2. The molecule has 0 saturated heterocycles. The Balaban J connectivity index is 2.64. The molecule has 0 radical (unpaired) electrons. The smallest absolute Gasteiger partial charge is 0.305 e. The molecular formula is C11H19NO3S. The van der Waals surface area contributed by atoms with Crippen LogP contribution in [0.4, 0.5) is 0 Å². The lowest BCUT2D eigenvalue weighted by Gasteiger charge is -2.29. The van der Waals surface area contributed by atoms with Crippen LogP contribution in [-0.4, -0.2) is 34.0 Å². The first-order valence-electron chi connectivity index (χ1n) is 5.56. The number of rotatable bonds is 5. The predicted molar refractivity (Wildman–Crippen MR) is 64.6 cm³/mol. The average Bonchev–Trinajstić information content (AvgIpc) is 2.63. The van der Waals surface area contributed by atoms with E-state index in [1.807, 2.05) is 13.2 Å². The topological polar surface area (TPSA) is 66.4 Å². The minimum atomic E-state index is -0.834. The molecule has 1 aliphatic rings. The summed E-state index contributed by atoms with van der Waals surface area (Å²) in [5.74, 6) is -0.880. The van der Waals surface area contributed by atoms with Gasteiger partial charge < -0.3 is 10.4 Å². The summed E-state index contributed by atoms with van der Waals surface area (Å²) in [5.41, 5.74) is -0.493. The molecule has 0 aliphatic heterocycles. The molecule has 0 heterocycles. The third-order valence-corrected chi connectivity index (χ3v) is 4.08. The second-order valence-corrected chi connectivity index (χ2v) is 5.60. The van der Waals surface area contributed by atoms with Crippen molar-refractivity contribution in [1.82, 2.24) is 5.32 Å². The predicted octanol–water partition coefficient (Wildman–Crippen LogP) is 1.64. The van der Waals surface area contributed by atoms with Gasteiger partial charge in [-0.05, 0) is 26.0 Å². The molecule has 1 amide bonds. The number of thioether (sulfide) groups is 1. The van der Waals surface area contributed by atoms with E-state index in [0.29, 0.717) is 0 Å². The Kier molecular flexibility index (Phi) is 4.65. The summed E-state index contributed by atoms with van der Waals surface area (Å²) >= 11 is 1.47. The van der Waals surface area contributed by atoms with Gasteiger partial charge in [0.05, 0.1) is 17.2 Å². The van der Waals surface area contributed by atoms with Crippen molar-refractivity contribution in [2.45, 2.75) is 49.8 Å². The Morgan fingerprint density at radius 2 is 2.00 bits per heavy atom. The third-order valence-electron chi connectivity index (χ3n) is 3.16. The second-order valence-electron chi connectivity index (χ2n) is 4.43. The van der Waals surface area contributed by atoms with Crippen LogP contribution in [-0.2, 0) is 9.59 Å². The Morgan fingerprint density at radius 3 is 2.44 bits per heavy atom. The Hall–Kier alpha value is -0.710. The lowest BCUT2D eigenvalue weighted by Crippen LogP contribution is -2.50. The highest BCUT2D eigenvalue weighted by Crippen LogP contribution is 2.33. The van der Waals surface area contributed by atoms with Crippen LogP contribution in [0.25, 0.3) is 0 Å². The first-order valence-corrected chi connectivity index (χ1v) is 6.84. The third kappa shape index (κ3) is 3.40. The van der Waals surface area contributed by atoms with Crippen LogP contribution in [0.15, 0.2) is 0 Å². The Labute approximate surface area is 100 Å². The van der Waals surface area contributed by atoms with Crippen molar-refractivity contribution in [2.75, 3.05) is 6.26 Å². The van der Waals surface area contributed by atoms with E-state index in [9.17, 15) is 9.59 Å². The monoisotopic (exact) mass is 245 g/mol. The second kappa shape index (κ2) is 5.57. The fourth-order valence-electron chi connectivity index (χ4n) is 2.16. The van der Waals surface area contributed by atoms with Crippen LogP contribution in [0.5, 0.6) is 0 Å². The SMILES string of the molecule is CSC(C)C(=O)NC1(CC(=O)O)CCCC1. The summed E-state index contributed by atoms with van der Waals surface area (Å²) in [5, 5.41) is 11.7. The summed E-state index contributed by atoms with van der Waals surface area (Å²) in [6, 6.07) is 0. The molecule has 1 fully saturated rings. The number of hydrogen-bond acceptors (Lipinski definition) is 3. The quantitative estimate of drug-likeness (QED) is 0.772. The summed E-state index contributed by atoms with van der Waals surface area (Å²) in [6.45, 7) is 1.84. The van der Waals surface area contributed by atoms with Gasteiger partial charge in [0.15, 0.2) is 0 Å². The van der Waals surface area contributed by atoms with Gasteiger partial charge in [-0.15, -0.1) is 0 Å². The van der Waals surface area contributed by atoms with Crippen molar-refractivity contribution in [2.24, 2.45) is 0 Å². The summed E-state index contributed by atoms with van der Waals surface area (Å²) in [6.07, 6.45) is 5.49. The van der Waals surface area contributed by atoms with E-state index in [1.165, 1.54) is 11.8 Å². The summed E-state index contributed by atoms with van der Waals surface area (Å²) in [4.78, 5) is 22.6. The van der Waals surface area contributed by atoms with Gasteiger partial charge in [0.25, 0.3) is 0 Å². The zero-order valence-electron chi connectivity index (χ0n) is 9.78. The number of aliphatic carboxylic acids is 1. The van der Waals surface area contributed by atoms with Crippen molar-refractivity contribution in [3.63, 3.8) is 0 Å². The molecular weight excluding hydrogens is 226 g/mol. The Bertz CT molecular complexity index is 274. The number of carbonyl (C=O) groups is 2. The van der Waals surface area contributed by atoms with Crippen LogP contribution in [0.3, 0.4) is 0 Å². The lowest BCUT2D eigenvalue weighted by molar-refractivity contribution is -0.139. The van der Waals surface area contributed by atoms with E-state index in [2.05, 4.69) is 5.32 Å². The molecule has 1 unspecified atom stereocenters. The molecule has 1 atom stereocenters. The van der Waals surface area contributed by atoms with Crippen molar-refractivity contribution >= 4 is 23.6 Å². The average molecular weight is 245 g/mol. The van der Waals surface area contributed by atoms with Gasteiger partial charge in [0.2, 0.25) is 5.91 Å². The highest BCUT2D eigenvalue weighted by atomic mass is 32.2. The van der Waals surface area contributed by atoms with Crippen LogP contribution in [0.1, 0.15) is 39.0 Å². The minimum absolute atomic E-state index is 0.0415. The van der Waals surface area contributed by atoms with Crippen LogP contribution < -0.4 is 5.32 Å². The maximum atomic E-state index is 11.8. The first-order chi connectivity index (χ1) is 7.49. The summed E-state index contributed by atoms with van der Waals surface area (Å²) < 4.78 is 0. The molecule has 2 N–H and O–H groups in total. The van der Waals surface area contributed by atoms with Crippen LogP contribution in [0, 0.1) is 0 Å². The molecule has 0 bridgehead atoms. The zero-order valence-corrected chi connectivity index (χ0v) is 10.6. The molecule has 0 aromatic carbocycles. The maximum Gasteiger partial charge on any atom is 0.305 e. The largest absolute Gasteiger partial charge is 0.481 e.